The summed E-state index contributed by atoms with van der Waals surface area (Å²) in [7, 11) is 0. The van der Waals surface area contributed by atoms with Crippen LogP contribution in [0.4, 0.5) is 10.5 Å². The third-order valence-corrected chi connectivity index (χ3v) is 8.96. The first kappa shape index (κ1) is 41.4. The number of carbonyl (C=O) groups excluding carboxylic acids is 3. The van der Waals surface area contributed by atoms with E-state index in [1.807, 2.05) is 0 Å². The minimum Gasteiger partial charge on any atom is -0.507 e. The van der Waals surface area contributed by atoms with Gasteiger partial charge in [-0.3, -0.25) is 14.9 Å². The summed E-state index contributed by atoms with van der Waals surface area (Å²) in [5.41, 5.74) is -0.985. The molecule has 3 amide bonds. The highest BCUT2D eigenvalue weighted by Crippen LogP contribution is 2.45. The second kappa shape index (κ2) is 16.0. The van der Waals surface area contributed by atoms with E-state index in [9.17, 15) is 44.7 Å². The van der Waals surface area contributed by atoms with E-state index < -0.39 is 103 Å². The van der Waals surface area contributed by atoms with Gasteiger partial charge in [-0.1, -0.05) is 12.1 Å². The topological polar surface area (TPSA) is 242 Å². The Morgan fingerprint density at radius 3 is 2.25 bits per heavy atom. The normalized spacial score (nSPS) is 26.6. The molecule has 8 N–H and O–H groups in total. The van der Waals surface area contributed by atoms with Gasteiger partial charge in [0.05, 0.1) is 24.4 Å². The first-order valence-electron chi connectivity index (χ1n) is 17.3. The zero-order chi connectivity index (χ0) is 39.6. The van der Waals surface area contributed by atoms with Crippen LogP contribution in [0, 0.1) is 13.8 Å². The van der Waals surface area contributed by atoms with E-state index in [-0.39, 0.29) is 11.3 Å². The second-order valence-corrected chi connectivity index (χ2v) is 15.2. The molecule has 16 heteroatoms. The average Bonchev–Trinajstić information content (AvgIpc) is 3.34. The largest absolute Gasteiger partial charge is 0.507 e. The van der Waals surface area contributed by atoms with Crippen molar-refractivity contribution in [1.29, 1.82) is 0 Å². The number of aliphatic hydroxyl groups is 3. The summed E-state index contributed by atoms with van der Waals surface area (Å²) >= 11 is 0. The van der Waals surface area contributed by atoms with Crippen molar-refractivity contribution in [2.75, 3.05) is 11.9 Å². The minimum atomic E-state index is -2.23. The number of amides is 3. The molecule has 8 atom stereocenters. The second-order valence-electron chi connectivity index (χ2n) is 15.2. The summed E-state index contributed by atoms with van der Waals surface area (Å²) in [4.78, 5) is 50.6. The first-order chi connectivity index (χ1) is 24.5. The molecule has 4 rings (SSSR count). The van der Waals surface area contributed by atoms with Gasteiger partial charge < -0.3 is 55.1 Å². The van der Waals surface area contributed by atoms with Crippen molar-refractivity contribution in [1.82, 2.24) is 10.6 Å². The number of rotatable bonds is 11. The molecule has 16 nitrogen and oxygen atoms in total. The highest BCUT2D eigenvalue weighted by Gasteiger charge is 2.57. The minimum absolute atomic E-state index is 0.0316. The summed E-state index contributed by atoms with van der Waals surface area (Å²) in [5.74, 6) is -3.93. The Balaban J connectivity index is 1.59. The van der Waals surface area contributed by atoms with Crippen molar-refractivity contribution in [3.05, 3.63) is 58.7 Å². The Kier molecular flexibility index (Phi) is 12.5. The maximum atomic E-state index is 13.1. The number of carboxylic acids is 1. The molecular formula is C37H51N3O13. The van der Waals surface area contributed by atoms with E-state index in [4.69, 9.17) is 18.9 Å². The molecular weight excluding hydrogens is 694 g/mol. The summed E-state index contributed by atoms with van der Waals surface area (Å²) < 4.78 is 23.9. The first-order valence-corrected chi connectivity index (χ1v) is 17.3. The molecule has 0 bridgehead atoms. The van der Waals surface area contributed by atoms with Crippen molar-refractivity contribution in [3.8, 4) is 5.75 Å². The van der Waals surface area contributed by atoms with Crippen molar-refractivity contribution in [2.45, 2.75) is 128 Å². The van der Waals surface area contributed by atoms with E-state index in [2.05, 4.69) is 16.0 Å². The van der Waals surface area contributed by atoms with E-state index in [1.54, 1.807) is 72.7 Å². The molecule has 2 unspecified atom stereocenters. The smallest absolute Gasteiger partial charge is 0.412 e. The van der Waals surface area contributed by atoms with Gasteiger partial charge in [-0.25, -0.2) is 9.59 Å². The number of aryl methyl sites for hydroxylation is 2. The Bertz CT molecular complexity index is 1670. The van der Waals surface area contributed by atoms with Crippen LogP contribution in [-0.4, -0.2) is 110 Å². The average molecular weight is 746 g/mol. The Morgan fingerprint density at radius 1 is 1.02 bits per heavy atom. The van der Waals surface area contributed by atoms with Gasteiger partial charge >= 0.3 is 12.1 Å². The zero-order valence-electron chi connectivity index (χ0n) is 31.1. The molecule has 53 heavy (non-hydrogen) atoms. The standard InChI is InChI=1S/C37H51N3O13/c1-18-12-22(13-19(2)28(18)44)32(46)38-17-25(43)29(45)31-27(39-20(3)41)24(42)15-37(52-31,33(47)48)16-26-30(51-36(7,8)50-26)21-10-9-11-23(14-21)40-34(49)53-35(4,5)6/h9-14,24-27,29-31,42-45H,15-17H2,1-8H3,(H,38,46)(H,39,41)(H,40,49)(H,47,48)/t24-,25+,26?,27+,29+,30?,31+,37-/m0/s1. The van der Waals surface area contributed by atoms with Crippen molar-refractivity contribution >= 4 is 29.6 Å². The number of hydrogen-bond acceptors (Lipinski definition) is 12. The van der Waals surface area contributed by atoms with Gasteiger partial charge in [0.15, 0.2) is 11.4 Å². The molecule has 0 spiro atoms. The number of hydrogen-bond donors (Lipinski definition) is 8. The summed E-state index contributed by atoms with van der Waals surface area (Å²) in [6, 6.07) is 8.18. The van der Waals surface area contributed by atoms with E-state index >= 15 is 0 Å². The SMILES string of the molecule is CC(=O)N[C@H]1[C@H]([C@H](O)[C@H](O)CNC(=O)c2cc(C)c(O)c(C)c2)O[C@@](CC2OC(C)(C)OC2c2cccc(NC(=O)OC(C)(C)C)c2)(C(=O)O)C[C@@H]1O. The van der Waals surface area contributed by atoms with E-state index in [0.29, 0.717) is 22.4 Å². The number of nitrogens with one attached hydrogen (secondary N) is 3. The fraction of sp³-hybridized carbons (Fsp3) is 0.568. The number of carboxylic acid groups (broad SMARTS) is 1. The molecule has 0 aromatic heterocycles. The molecule has 0 aliphatic carbocycles. The fourth-order valence-electron chi connectivity index (χ4n) is 6.65. The molecule has 2 heterocycles. The molecule has 2 saturated heterocycles. The number of aliphatic hydroxyl groups excluding tert-OH is 3. The maximum absolute atomic E-state index is 13.1. The number of anilines is 1. The van der Waals surface area contributed by atoms with Gasteiger partial charge in [0, 0.05) is 37.6 Å². The maximum Gasteiger partial charge on any atom is 0.412 e. The van der Waals surface area contributed by atoms with Crippen LogP contribution >= 0.6 is 0 Å². The van der Waals surface area contributed by atoms with Crippen LogP contribution in [-0.2, 0) is 28.5 Å². The van der Waals surface area contributed by atoms with Crippen molar-refractivity contribution in [2.24, 2.45) is 0 Å². The van der Waals surface area contributed by atoms with Gasteiger partial charge in [-0.15, -0.1) is 0 Å². The molecule has 2 aliphatic heterocycles. The van der Waals surface area contributed by atoms with Crippen LogP contribution in [0.25, 0.3) is 0 Å². The lowest BCUT2D eigenvalue weighted by atomic mass is 9.79. The molecule has 2 aromatic rings. The van der Waals surface area contributed by atoms with Crippen molar-refractivity contribution in [3.63, 3.8) is 0 Å². The number of phenols is 1. The number of phenolic OH excluding ortho intramolecular Hbond substituents is 1. The third kappa shape index (κ3) is 10.2. The number of aromatic hydroxyl groups is 1. The van der Waals surface area contributed by atoms with Crippen LogP contribution < -0.4 is 16.0 Å². The predicted molar refractivity (Wildman–Crippen MR) is 189 cm³/mol. The van der Waals surface area contributed by atoms with E-state index in [1.165, 1.54) is 12.1 Å². The molecule has 0 saturated carbocycles. The molecule has 2 aromatic carbocycles. The Labute approximate surface area is 307 Å². The van der Waals surface area contributed by atoms with Crippen LogP contribution in [0.1, 0.15) is 87.5 Å². The monoisotopic (exact) mass is 745 g/mol. The summed E-state index contributed by atoms with van der Waals surface area (Å²) in [6.07, 6.45) is -10.5. The van der Waals surface area contributed by atoms with Crippen LogP contribution in [0.2, 0.25) is 0 Å². The van der Waals surface area contributed by atoms with Gasteiger partial charge in [0.2, 0.25) is 5.91 Å². The van der Waals surface area contributed by atoms with Gasteiger partial charge in [0.1, 0.15) is 29.7 Å². The summed E-state index contributed by atoms with van der Waals surface area (Å²) in [6.45, 7) is 12.3. The lowest BCUT2D eigenvalue weighted by molar-refractivity contribution is -0.236. The number of benzene rings is 2. The molecule has 2 aliphatic rings. The van der Waals surface area contributed by atoms with E-state index in [0.717, 1.165) is 6.92 Å². The van der Waals surface area contributed by atoms with Crippen LogP contribution in [0.15, 0.2) is 36.4 Å². The fourth-order valence-corrected chi connectivity index (χ4v) is 6.65. The van der Waals surface area contributed by atoms with Gasteiger partial charge in [0.25, 0.3) is 5.91 Å². The number of aliphatic carboxylic acids is 1. The number of carbonyl (C=O) groups is 4. The van der Waals surface area contributed by atoms with Gasteiger partial charge in [-0.2, -0.15) is 0 Å². The molecule has 2 fully saturated rings. The molecule has 0 radical (unpaired) electrons. The Hall–Kier alpha value is -4.32. The highest BCUT2D eigenvalue weighted by molar-refractivity contribution is 5.95. The zero-order valence-corrected chi connectivity index (χ0v) is 31.1. The Morgan fingerprint density at radius 2 is 1.66 bits per heavy atom. The van der Waals surface area contributed by atoms with Gasteiger partial charge in [-0.05, 0) is 89.4 Å². The predicted octanol–water partition coefficient (Wildman–Crippen LogP) is 2.57. The summed E-state index contributed by atoms with van der Waals surface area (Å²) in [5, 5.41) is 62.2. The molecule has 292 valence electrons. The quantitative estimate of drug-likeness (QED) is 0.165. The lowest BCUT2D eigenvalue weighted by Crippen LogP contribution is -2.68. The third-order valence-electron chi connectivity index (χ3n) is 8.96. The highest BCUT2D eigenvalue weighted by atomic mass is 16.8. The number of ether oxygens (including phenoxy) is 4. The van der Waals surface area contributed by atoms with Crippen LogP contribution in [0.5, 0.6) is 5.75 Å². The lowest BCUT2D eigenvalue weighted by Gasteiger charge is -2.48. The van der Waals surface area contributed by atoms with Crippen LogP contribution in [0.3, 0.4) is 0 Å². The van der Waals surface area contributed by atoms with Crippen molar-refractivity contribution < 1.29 is 63.7 Å².